The zero-order valence-corrected chi connectivity index (χ0v) is 6.70. The van der Waals surface area contributed by atoms with Crippen molar-refractivity contribution < 1.29 is 8.42 Å². The van der Waals surface area contributed by atoms with Crippen LogP contribution in [0.4, 0.5) is 0 Å². The molecule has 0 aliphatic carbocycles. The van der Waals surface area contributed by atoms with Crippen molar-refractivity contribution in [2.24, 2.45) is 5.14 Å². The van der Waals surface area contributed by atoms with E-state index < -0.39 is 10.0 Å². The smallest absolute Gasteiger partial charge is 0.209 e. The van der Waals surface area contributed by atoms with E-state index in [9.17, 15) is 8.42 Å². The Balaban J connectivity index is 3.42. The Bertz CT molecular complexity index is 141. The van der Waals surface area contributed by atoms with Gasteiger partial charge in [0.25, 0.3) is 0 Å². The third-order valence-corrected chi connectivity index (χ3v) is 1.98. The Kier molecular flexibility index (Phi) is 3.59. The molecule has 0 radical (unpaired) electrons. The van der Waals surface area contributed by atoms with E-state index >= 15 is 0 Å². The third-order valence-electron chi connectivity index (χ3n) is 0.562. The summed E-state index contributed by atoms with van der Waals surface area (Å²) >= 11 is 3.08. The number of nitrogens with two attached hydrogens (primary N) is 1. The molecule has 8 heavy (non-hydrogen) atoms. The molecule has 5 heteroatoms. The van der Waals surface area contributed by atoms with Crippen LogP contribution >= 0.6 is 15.9 Å². The zero-order chi connectivity index (χ0) is 6.62. The minimum Gasteiger partial charge on any atom is -0.229 e. The average molecular weight is 202 g/mol. The molecule has 0 bridgehead atoms. The lowest BCUT2D eigenvalue weighted by Gasteiger charge is -1.90. The lowest BCUT2D eigenvalue weighted by Crippen LogP contribution is -2.16. The normalized spacial score (nSPS) is 11.8. The van der Waals surface area contributed by atoms with E-state index in [2.05, 4.69) is 21.1 Å². The van der Waals surface area contributed by atoms with Gasteiger partial charge in [-0.1, -0.05) is 15.9 Å². The van der Waals surface area contributed by atoms with Gasteiger partial charge in [-0.3, -0.25) is 0 Å². The van der Waals surface area contributed by atoms with Crippen molar-refractivity contribution in [3.8, 4) is 0 Å². The molecule has 0 heterocycles. The molecule has 50 valence electrons. The molecule has 0 atom stereocenters. The fourth-order valence-corrected chi connectivity index (χ4v) is 1.45. The summed E-state index contributed by atoms with van der Waals surface area (Å²) in [4.78, 5) is 0. The standard InChI is InChI=1S/C3H8BrNO2S/c4-2-1-3-8(5,6)7/h1-3H2,(H2,5,6,7). The third kappa shape index (κ3) is 6.39. The van der Waals surface area contributed by atoms with Crippen LogP contribution < -0.4 is 5.14 Å². The number of primary sulfonamides is 1. The Labute approximate surface area is 57.4 Å². The summed E-state index contributed by atoms with van der Waals surface area (Å²) in [6.45, 7) is 0. The second kappa shape index (κ2) is 3.42. The van der Waals surface area contributed by atoms with Gasteiger partial charge in [0.1, 0.15) is 0 Å². The van der Waals surface area contributed by atoms with Crippen LogP contribution in [0.25, 0.3) is 0 Å². The molecular formula is C3H8BrNO2S. The topological polar surface area (TPSA) is 60.2 Å². The Hall–Kier alpha value is 0.390. The van der Waals surface area contributed by atoms with Crippen LogP contribution in [0.1, 0.15) is 6.42 Å². The molecule has 0 saturated carbocycles. The number of halogens is 1. The highest BCUT2D eigenvalue weighted by atomic mass is 79.9. The lowest BCUT2D eigenvalue weighted by atomic mass is 10.6. The maximum atomic E-state index is 10.1. The second-order valence-electron chi connectivity index (χ2n) is 1.41. The first-order chi connectivity index (χ1) is 3.56. The maximum absolute atomic E-state index is 10.1. The summed E-state index contributed by atoms with van der Waals surface area (Å²) in [6, 6.07) is 0. The maximum Gasteiger partial charge on any atom is 0.209 e. The molecule has 0 rings (SSSR count). The van der Waals surface area contributed by atoms with Gasteiger partial charge in [-0.15, -0.1) is 0 Å². The van der Waals surface area contributed by atoms with Gasteiger partial charge in [-0.05, 0) is 6.42 Å². The van der Waals surface area contributed by atoms with Gasteiger partial charge in [-0.25, -0.2) is 13.6 Å². The molecule has 0 aliphatic heterocycles. The van der Waals surface area contributed by atoms with E-state index in [0.29, 0.717) is 11.8 Å². The Morgan fingerprint density at radius 3 is 2.12 bits per heavy atom. The first kappa shape index (κ1) is 8.39. The van der Waals surface area contributed by atoms with Crippen LogP contribution in [0.2, 0.25) is 0 Å². The zero-order valence-electron chi connectivity index (χ0n) is 4.30. The van der Waals surface area contributed by atoms with Crippen LogP contribution in [0.5, 0.6) is 0 Å². The average Bonchev–Trinajstić information content (AvgIpc) is 1.59. The van der Waals surface area contributed by atoms with E-state index in [4.69, 9.17) is 0 Å². The van der Waals surface area contributed by atoms with Crippen LogP contribution in [-0.2, 0) is 10.0 Å². The van der Waals surface area contributed by atoms with Crippen molar-refractivity contribution in [1.29, 1.82) is 0 Å². The SMILES string of the molecule is NS(=O)(=O)CCCBr. The predicted octanol–water partition coefficient (Wildman–Crippen LogP) is 0.0599. The molecule has 0 spiro atoms. The highest BCUT2D eigenvalue weighted by molar-refractivity contribution is 9.09. The number of sulfonamides is 1. The summed E-state index contributed by atoms with van der Waals surface area (Å²) in [5.41, 5.74) is 0. The molecule has 0 saturated heterocycles. The number of alkyl halides is 1. The minimum absolute atomic E-state index is 0.0677. The van der Waals surface area contributed by atoms with Crippen LogP contribution in [-0.4, -0.2) is 19.5 Å². The van der Waals surface area contributed by atoms with Gasteiger partial charge < -0.3 is 0 Å². The Morgan fingerprint density at radius 1 is 1.50 bits per heavy atom. The van der Waals surface area contributed by atoms with Crippen molar-refractivity contribution in [2.75, 3.05) is 11.1 Å². The van der Waals surface area contributed by atoms with E-state index in [0.717, 1.165) is 0 Å². The fraction of sp³-hybridized carbons (Fsp3) is 1.00. The molecule has 0 unspecified atom stereocenters. The van der Waals surface area contributed by atoms with E-state index in [1.807, 2.05) is 0 Å². The number of hydrogen-bond donors (Lipinski definition) is 1. The van der Waals surface area contributed by atoms with Crippen molar-refractivity contribution in [3.05, 3.63) is 0 Å². The van der Waals surface area contributed by atoms with Crippen molar-refractivity contribution in [1.82, 2.24) is 0 Å². The second-order valence-corrected chi connectivity index (χ2v) is 3.94. The summed E-state index contributed by atoms with van der Waals surface area (Å²) < 4.78 is 20.3. The molecule has 0 aliphatic rings. The largest absolute Gasteiger partial charge is 0.229 e. The van der Waals surface area contributed by atoms with E-state index in [1.165, 1.54) is 0 Å². The highest BCUT2D eigenvalue weighted by Gasteiger charge is 1.98. The minimum atomic E-state index is -3.22. The lowest BCUT2D eigenvalue weighted by molar-refractivity contribution is 0.596. The summed E-state index contributed by atoms with van der Waals surface area (Å²) in [5.74, 6) is 0.0677. The monoisotopic (exact) mass is 201 g/mol. The molecule has 0 aromatic rings. The summed E-state index contributed by atoms with van der Waals surface area (Å²) in [5, 5.41) is 5.36. The number of rotatable bonds is 3. The fourth-order valence-electron chi connectivity index (χ4n) is 0.256. The van der Waals surface area contributed by atoms with Gasteiger partial charge in [0, 0.05) is 5.33 Å². The van der Waals surface area contributed by atoms with Gasteiger partial charge in [-0.2, -0.15) is 0 Å². The van der Waals surface area contributed by atoms with Crippen molar-refractivity contribution in [2.45, 2.75) is 6.42 Å². The Morgan fingerprint density at radius 2 is 2.00 bits per heavy atom. The van der Waals surface area contributed by atoms with Crippen LogP contribution in [0.15, 0.2) is 0 Å². The molecule has 0 amide bonds. The summed E-state index contributed by atoms with van der Waals surface area (Å²) in [7, 11) is -3.22. The highest BCUT2D eigenvalue weighted by Crippen LogP contribution is 1.89. The number of hydrogen-bond acceptors (Lipinski definition) is 2. The first-order valence-corrected chi connectivity index (χ1v) is 4.96. The van der Waals surface area contributed by atoms with Crippen LogP contribution in [0, 0.1) is 0 Å². The van der Waals surface area contributed by atoms with Crippen LogP contribution in [0.3, 0.4) is 0 Å². The summed E-state index contributed by atoms with van der Waals surface area (Å²) in [6.07, 6.45) is 0.582. The van der Waals surface area contributed by atoms with Gasteiger partial charge in [0.2, 0.25) is 10.0 Å². The molecule has 0 fully saturated rings. The quantitative estimate of drug-likeness (QED) is 0.657. The van der Waals surface area contributed by atoms with Gasteiger partial charge in [0.05, 0.1) is 5.75 Å². The van der Waals surface area contributed by atoms with E-state index in [-0.39, 0.29) is 5.75 Å². The van der Waals surface area contributed by atoms with Crippen molar-refractivity contribution in [3.63, 3.8) is 0 Å². The van der Waals surface area contributed by atoms with Gasteiger partial charge in [0.15, 0.2) is 0 Å². The van der Waals surface area contributed by atoms with Crippen molar-refractivity contribution >= 4 is 26.0 Å². The predicted molar refractivity (Wildman–Crippen MR) is 36.4 cm³/mol. The molecule has 2 N–H and O–H groups in total. The van der Waals surface area contributed by atoms with E-state index in [1.54, 1.807) is 0 Å². The first-order valence-electron chi connectivity index (χ1n) is 2.12. The molecule has 0 aromatic carbocycles. The molecular weight excluding hydrogens is 194 g/mol. The molecule has 3 nitrogen and oxygen atoms in total. The van der Waals surface area contributed by atoms with Gasteiger partial charge >= 0.3 is 0 Å². The molecule has 0 aromatic heterocycles.